The molecular formula is C67H47N. The van der Waals surface area contributed by atoms with Gasteiger partial charge in [-0.15, -0.1) is 0 Å². The molecule has 0 N–H and O–H groups in total. The summed E-state index contributed by atoms with van der Waals surface area (Å²) < 4.78 is 0. The molecule has 11 aromatic carbocycles. The van der Waals surface area contributed by atoms with E-state index < -0.39 is 5.41 Å². The van der Waals surface area contributed by atoms with E-state index in [0.29, 0.717) is 0 Å². The Morgan fingerprint density at radius 3 is 1.49 bits per heavy atom. The molecule has 1 nitrogen and oxygen atoms in total. The zero-order valence-corrected chi connectivity index (χ0v) is 37.9. The molecule has 2 aliphatic rings. The Morgan fingerprint density at radius 2 is 0.794 bits per heavy atom. The van der Waals surface area contributed by atoms with Crippen molar-refractivity contribution in [1.82, 2.24) is 0 Å². The van der Waals surface area contributed by atoms with Gasteiger partial charge in [0.15, 0.2) is 0 Å². The Labute approximate surface area is 398 Å². The van der Waals surface area contributed by atoms with Gasteiger partial charge in [0.1, 0.15) is 0 Å². The zero-order chi connectivity index (χ0) is 45.2. The highest BCUT2D eigenvalue weighted by atomic mass is 15.1. The Balaban J connectivity index is 0.972. The molecule has 2 aliphatic carbocycles. The van der Waals surface area contributed by atoms with Gasteiger partial charge >= 0.3 is 0 Å². The first kappa shape index (κ1) is 39.8. The topological polar surface area (TPSA) is 3.24 Å². The number of hydrogen-bond donors (Lipinski definition) is 0. The maximum Gasteiger partial charge on any atom is 0.0713 e. The summed E-state index contributed by atoms with van der Waals surface area (Å²) in [6, 6.07) is 98.8. The van der Waals surface area contributed by atoms with Crippen molar-refractivity contribution in [1.29, 1.82) is 0 Å². The maximum atomic E-state index is 2.47. The van der Waals surface area contributed by atoms with Crippen molar-refractivity contribution in [3.05, 3.63) is 306 Å². The minimum absolute atomic E-state index is 0.321. The van der Waals surface area contributed by atoms with Crippen LogP contribution in [0.15, 0.2) is 267 Å². The van der Waals surface area contributed by atoms with E-state index in [4.69, 9.17) is 0 Å². The second-order valence-electron chi connectivity index (χ2n) is 18.5. The van der Waals surface area contributed by atoms with E-state index in [9.17, 15) is 0 Å². The van der Waals surface area contributed by atoms with Crippen LogP contribution in [0.1, 0.15) is 45.9 Å². The molecule has 1 unspecified atom stereocenters. The third kappa shape index (κ3) is 5.95. The van der Waals surface area contributed by atoms with Gasteiger partial charge in [0.05, 0.1) is 11.1 Å². The van der Waals surface area contributed by atoms with Gasteiger partial charge in [0.25, 0.3) is 0 Å². The fraction of sp³-hybridized carbons (Fsp3) is 0.0448. The molecule has 0 saturated heterocycles. The number of benzene rings is 11. The number of rotatable bonds is 8. The second-order valence-corrected chi connectivity index (χ2v) is 18.5. The van der Waals surface area contributed by atoms with E-state index in [1.54, 1.807) is 0 Å². The van der Waals surface area contributed by atoms with Gasteiger partial charge in [-0.3, -0.25) is 0 Å². The molecule has 13 rings (SSSR count). The molecule has 1 atom stereocenters. The van der Waals surface area contributed by atoms with Crippen LogP contribution in [0.3, 0.4) is 0 Å². The Morgan fingerprint density at radius 1 is 0.309 bits per heavy atom. The fourth-order valence-corrected chi connectivity index (χ4v) is 11.9. The first-order valence-corrected chi connectivity index (χ1v) is 23.8. The van der Waals surface area contributed by atoms with Crippen molar-refractivity contribution in [2.75, 3.05) is 4.90 Å². The van der Waals surface area contributed by atoms with Crippen molar-refractivity contribution in [2.45, 2.75) is 17.8 Å². The van der Waals surface area contributed by atoms with Gasteiger partial charge in [-0.1, -0.05) is 231 Å². The van der Waals surface area contributed by atoms with Gasteiger partial charge < -0.3 is 4.90 Å². The van der Waals surface area contributed by atoms with E-state index in [1.165, 1.54) is 94.2 Å². The highest BCUT2D eigenvalue weighted by Gasteiger charge is 2.46. The lowest BCUT2D eigenvalue weighted by atomic mass is 9.67. The molecule has 1 heteroatoms. The molecule has 68 heavy (non-hydrogen) atoms. The maximum absolute atomic E-state index is 2.47. The van der Waals surface area contributed by atoms with Gasteiger partial charge in [-0.2, -0.15) is 0 Å². The van der Waals surface area contributed by atoms with E-state index in [2.05, 4.69) is 279 Å². The summed E-state index contributed by atoms with van der Waals surface area (Å²) in [5.74, 6) is 0. The summed E-state index contributed by atoms with van der Waals surface area (Å²) in [6.45, 7) is 2.40. The molecule has 0 bridgehead atoms. The van der Waals surface area contributed by atoms with Crippen LogP contribution in [0, 0.1) is 0 Å². The lowest BCUT2D eigenvalue weighted by Crippen LogP contribution is -2.28. The summed E-state index contributed by atoms with van der Waals surface area (Å²) in [5, 5.41) is 2.50. The molecular weight excluding hydrogens is 819 g/mol. The fourth-order valence-electron chi connectivity index (χ4n) is 11.9. The van der Waals surface area contributed by atoms with E-state index in [-0.39, 0.29) is 5.41 Å². The predicted octanol–water partition coefficient (Wildman–Crippen LogP) is 17.3. The molecule has 0 fully saturated rings. The number of anilines is 3. The summed E-state index contributed by atoms with van der Waals surface area (Å²) in [6.07, 6.45) is 0. The van der Waals surface area contributed by atoms with Gasteiger partial charge in [0.2, 0.25) is 0 Å². The van der Waals surface area contributed by atoms with Gasteiger partial charge in [-0.05, 0) is 132 Å². The van der Waals surface area contributed by atoms with E-state index in [1.807, 2.05) is 0 Å². The van der Waals surface area contributed by atoms with Crippen molar-refractivity contribution < 1.29 is 0 Å². The monoisotopic (exact) mass is 865 g/mol. The van der Waals surface area contributed by atoms with Crippen LogP contribution in [-0.2, 0) is 10.8 Å². The Hall–Kier alpha value is -8.52. The van der Waals surface area contributed by atoms with Crippen molar-refractivity contribution in [3.8, 4) is 44.5 Å². The normalized spacial score (nSPS) is 15.0. The second kappa shape index (κ2) is 15.8. The third-order valence-electron chi connectivity index (χ3n) is 15.1. The van der Waals surface area contributed by atoms with Crippen LogP contribution in [0.2, 0.25) is 0 Å². The number of fused-ring (bicyclic) bond motifs is 7. The lowest BCUT2D eigenvalue weighted by Gasteiger charge is -2.34. The van der Waals surface area contributed by atoms with Gasteiger partial charge in [-0.25, -0.2) is 0 Å². The Bertz CT molecular complexity index is 3620. The molecule has 0 saturated carbocycles. The smallest absolute Gasteiger partial charge is 0.0713 e. The molecule has 0 spiro atoms. The standard InChI is InChI=1S/C67H47N/c1-66(50-21-5-2-6-22-50)60-31-15-14-29-59(60)65-62(66)33-18-34-64(65)68(54-42-37-48(38-43-54)56-30-17-20-47-19-11-12-27-55(47)56)53-40-35-46(36-41-53)49-39-44-58-57-28-13-16-32-61(57)67(63(58)45-49,51-23-7-3-8-24-51)52-25-9-4-10-26-52/h2-45H,1H3. The van der Waals surface area contributed by atoms with Crippen LogP contribution >= 0.6 is 0 Å². The van der Waals surface area contributed by atoms with Crippen LogP contribution in [0.25, 0.3) is 55.3 Å². The van der Waals surface area contributed by atoms with Crippen LogP contribution in [0.5, 0.6) is 0 Å². The van der Waals surface area contributed by atoms with Crippen molar-refractivity contribution in [3.63, 3.8) is 0 Å². The summed E-state index contributed by atoms with van der Waals surface area (Å²) in [5.41, 5.74) is 21.6. The summed E-state index contributed by atoms with van der Waals surface area (Å²) in [7, 11) is 0. The SMILES string of the molecule is CC1(c2ccccc2)c2ccccc2-c2c(N(c3ccc(-c4ccc5c(c4)C(c4ccccc4)(c4ccccc4)c4ccccc4-5)cc3)c3ccc(-c4cccc5ccccc45)cc3)cccc21. The van der Waals surface area contributed by atoms with Crippen LogP contribution < -0.4 is 4.90 Å². The van der Waals surface area contributed by atoms with Crippen LogP contribution in [-0.4, -0.2) is 0 Å². The van der Waals surface area contributed by atoms with Gasteiger partial charge in [0, 0.05) is 22.4 Å². The number of hydrogen-bond acceptors (Lipinski definition) is 1. The van der Waals surface area contributed by atoms with Crippen LogP contribution in [0.4, 0.5) is 17.1 Å². The molecule has 0 aromatic heterocycles. The minimum atomic E-state index is -0.461. The lowest BCUT2D eigenvalue weighted by molar-refractivity contribution is 0.714. The zero-order valence-electron chi connectivity index (χ0n) is 37.9. The summed E-state index contributed by atoms with van der Waals surface area (Å²) in [4.78, 5) is 2.47. The molecule has 11 aromatic rings. The largest absolute Gasteiger partial charge is 0.310 e. The quantitative estimate of drug-likeness (QED) is 0.147. The Kier molecular flexibility index (Phi) is 9.27. The molecule has 0 aliphatic heterocycles. The third-order valence-corrected chi connectivity index (χ3v) is 15.1. The first-order chi connectivity index (χ1) is 33.6. The summed E-state index contributed by atoms with van der Waals surface area (Å²) >= 11 is 0. The average molecular weight is 866 g/mol. The highest BCUT2D eigenvalue weighted by molar-refractivity contribution is 5.99. The van der Waals surface area contributed by atoms with E-state index >= 15 is 0 Å². The average Bonchev–Trinajstić information content (AvgIpc) is 3.87. The van der Waals surface area contributed by atoms with E-state index in [0.717, 1.165) is 17.1 Å². The molecule has 0 radical (unpaired) electrons. The van der Waals surface area contributed by atoms with Crippen molar-refractivity contribution >= 4 is 27.8 Å². The predicted molar refractivity (Wildman–Crippen MR) is 284 cm³/mol. The minimum Gasteiger partial charge on any atom is -0.310 e. The highest BCUT2D eigenvalue weighted by Crippen LogP contribution is 2.58. The number of nitrogens with zero attached hydrogens (tertiary/aromatic N) is 1. The molecule has 0 heterocycles. The first-order valence-electron chi connectivity index (χ1n) is 23.8. The molecule has 320 valence electrons. The van der Waals surface area contributed by atoms with Crippen molar-refractivity contribution in [2.24, 2.45) is 0 Å². The molecule has 0 amide bonds.